The molecule has 0 atom stereocenters. The molecular formula is C9H14N4. The maximum absolute atomic E-state index is 4.21. The molecule has 70 valence electrons. The van der Waals surface area contributed by atoms with E-state index in [1.165, 1.54) is 25.7 Å². The average Bonchev–Trinajstić information content (AvgIpc) is 3.07. The second-order valence-electron chi connectivity index (χ2n) is 4.17. The van der Waals surface area contributed by atoms with Crippen LogP contribution in [-0.4, -0.2) is 22.2 Å². The lowest BCUT2D eigenvalue weighted by Crippen LogP contribution is -2.25. The van der Waals surface area contributed by atoms with Crippen molar-refractivity contribution >= 4 is 0 Å². The third kappa shape index (κ3) is 1.09. The van der Waals surface area contributed by atoms with E-state index in [0.717, 1.165) is 11.6 Å². The molecule has 2 aliphatic rings. The Hall–Kier alpha value is -0.900. The fraction of sp³-hybridized carbons (Fsp3) is 0.778. The Morgan fingerprint density at radius 1 is 1.38 bits per heavy atom. The molecule has 0 unspecified atom stereocenters. The largest absolute Gasteiger partial charge is 0.327 e. The minimum Gasteiger partial charge on any atom is -0.327 e. The van der Waals surface area contributed by atoms with Crippen LogP contribution in [0.4, 0.5) is 0 Å². The van der Waals surface area contributed by atoms with Crippen molar-refractivity contribution in [2.45, 2.75) is 37.1 Å². The smallest absolute Gasteiger partial charge is 0.150 e. The summed E-state index contributed by atoms with van der Waals surface area (Å²) in [5, 5.41) is 11.7. The number of nitrogens with zero attached hydrogens (tertiary/aromatic N) is 2. The zero-order valence-electron chi connectivity index (χ0n) is 7.80. The first kappa shape index (κ1) is 7.50. The molecule has 13 heavy (non-hydrogen) atoms. The van der Waals surface area contributed by atoms with E-state index in [0.29, 0.717) is 5.92 Å². The van der Waals surface area contributed by atoms with Gasteiger partial charge in [0.05, 0.1) is 5.54 Å². The Labute approximate surface area is 77.1 Å². The normalized spacial score (nSPS) is 24.7. The Morgan fingerprint density at radius 2 is 2.15 bits per heavy atom. The van der Waals surface area contributed by atoms with Gasteiger partial charge in [0.25, 0.3) is 0 Å². The SMILES string of the molecule is CNC1(c2nnc(C3CC3)[nH]2)CC1. The van der Waals surface area contributed by atoms with Crippen molar-refractivity contribution in [2.24, 2.45) is 0 Å². The van der Waals surface area contributed by atoms with Crippen molar-refractivity contribution in [1.29, 1.82) is 0 Å². The van der Waals surface area contributed by atoms with Gasteiger partial charge in [-0.3, -0.25) is 0 Å². The molecule has 2 fully saturated rings. The van der Waals surface area contributed by atoms with Gasteiger partial charge in [-0.05, 0) is 32.7 Å². The van der Waals surface area contributed by atoms with Crippen molar-refractivity contribution in [3.05, 3.63) is 11.6 Å². The van der Waals surface area contributed by atoms with Gasteiger partial charge in [0.1, 0.15) is 5.82 Å². The van der Waals surface area contributed by atoms with E-state index in [2.05, 4.69) is 20.5 Å². The van der Waals surface area contributed by atoms with Crippen LogP contribution in [0, 0.1) is 0 Å². The van der Waals surface area contributed by atoms with E-state index >= 15 is 0 Å². The van der Waals surface area contributed by atoms with E-state index in [1.54, 1.807) is 0 Å². The number of aromatic nitrogens is 3. The van der Waals surface area contributed by atoms with Gasteiger partial charge in [0, 0.05) is 5.92 Å². The predicted molar refractivity (Wildman–Crippen MR) is 48.3 cm³/mol. The Kier molecular flexibility index (Phi) is 1.34. The van der Waals surface area contributed by atoms with Gasteiger partial charge in [-0.25, -0.2) is 0 Å². The van der Waals surface area contributed by atoms with Crippen molar-refractivity contribution in [1.82, 2.24) is 20.5 Å². The lowest BCUT2D eigenvalue weighted by Gasteiger charge is -2.08. The highest BCUT2D eigenvalue weighted by molar-refractivity contribution is 5.17. The van der Waals surface area contributed by atoms with Crippen LogP contribution in [0.25, 0.3) is 0 Å². The van der Waals surface area contributed by atoms with Crippen LogP contribution in [0.3, 0.4) is 0 Å². The summed E-state index contributed by atoms with van der Waals surface area (Å²) in [5.74, 6) is 2.81. The van der Waals surface area contributed by atoms with Crippen LogP contribution in [0.5, 0.6) is 0 Å². The fourth-order valence-corrected chi connectivity index (χ4v) is 1.76. The third-order valence-corrected chi connectivity index (χ3v) is 3.15. The number of aromatic amines is 1. The summed E-state index contributed by atoms with van der Waals surface area (Å²) in [4.78, 5) is 3.34. The molecule has 0 radical (unpaired) electrons. The standard InChI is InChI=1S/C9H14N4/c1-10-9(4-5-9)8-11-7(12-13-8)6-2-3-6/h6,10H,2-5H2,1H3,(H,11,12,13). The molecule has 2 aliphatic carbocycles. The van der Waals surface area contributed by atoms with Crippen molar-refractivity contribution in [3.8, 4) is 0 Å². The highest BCUT2D eigenvalue weighted by atomic mass is 15.3. The molecule has 0 spiro atoms. The summed E-state index contributed by atoms with van der Waals surface area (Å²) in [6.07, 6.45) is 4.92. The van der Waals surface area contributed by atoms with Gasteiger partial charge in [-0.15, -0.1) is 10.2 Å². The molecule has 4 heteroatoms. The molecule has 1 aromatic rings. The monoisotopic (exact) mass is 178 g/mol. The first-order valence-corrected chi connectivity index (χ1v) is 4.96. The minimum absolute atomic E-state index is 0.139. The Bertz CT molecular complexity index is 322. The molecule has 1 aromatic heterocycles. The van der Waals surface area contributed by atoms with Crippen molar-refractivity contribution < 1.29 is 0 Å². The van der Waals surface area contributed by atoms with Crippen LogP contribution in [0.2, 0.25) is 0 Å². The summed E-state index contributed by atoms with van der Waals surface area (Å²) in [6.45, 7) is 0. The van der Waals surface area contributed by atoms with Gasteiger partial charge < -0.3 is 10.3 Å². The van der Waals surface area contributed by atoms with Crippen LogP contribution in [0.15, 0.2) is 0 Å². The van der Waals surface area contributed by atoms with Crippen molar-refractivity contribution in [2.75, 3.05) is 7.05 Å². The summed E-state index contributed by atoms with van der Waals surface area (Å²) in [7, 11) is 1.99. The van der Waals surface area contributed by atoms with E-state index in [-0.39, 0.29) is 5.54 Å². The quantitative estimate of drug-likeness (QED) is 0.722. The number of H-pyrrole nitrogens is 1. The van der Waals surface area contributed by atoms with Crippen LogP contribution < -0.4 is 5.32 Å². The Morgan fingerprint density at radius 3 is 2.69 bits per heavy atom. The highest BCUT2D eigenvalue weighted by Gasteiger charge is 2.46. The molecule has 0 saturated heterocycles. The van der Waals surface area contributed by atoms with Crippen LogP contribution >= 0.6 is 0 Å². The van der Waals surface area contributed by atoms with Gasteiger partial charge in [-0.2, -0.15) is 0 Å². The third-order valence-electron chi connectivity index (χ3n) is 3.15. The number of hydrogen-bond donors (Lipinski definition) is 2. The van der Waals surface area contributed by atoms with E-state index in [4.69, 9.17) is 0 Å². The van der Waals surface area contributed by atoms with Crippen LogP contribution in [0.1, 0.15) is 43.3 Å². The van der Waals surface area contributed by atoms with Gasteiger partial charge in [0.15, 0.2) is 5.82 Å². The molecule has 2 N–H and O–H groups in total. The molecule has 1 heterocycles. The van der Waals surface area contributed by atoms with Crippen molar-refractivity contribution in [3.63, 3.8) is 0 Å². The lowest BCUT2D eigenvalue weighted by atomic mass is 10.2. The van der Waals surface area contributed by atoms with Gasteiger partial charge >= 0.3 is 0 Å². The zero-order valence-corrected chi connectivity index (χ0v) is 7.80. The first-order chi connectivity index (χ1) is 6.34. The second kappa shape index (κ2) is 2.32. The predicted octanol–water partition coefficient (Wildman–Crippen LogP) is 0.891. The molecule has 2 saturated carbocycles. The van der Waals surface area contributed by atoms with E-state index in [9.17, 15) is 0 Å². The van der Waals surface area contributed by atoms with Gasteiger partial charge in [0.2, 0.25) is 0 Å². The molecule has 4 nitrogen and oxygen atoms in total. The Balaban J connectivity index is 1.88. The van der Waals surface area contributed by atoms with E-state index < -0.39 is 0 Å². The minimum atomic E-state index is 0.139. The van der Waals surface area contributed by atoms with Gasteiger partial charge in [-0.1, -0.05) is 0 Å². The number of nitrogens with one attached hydrogen (secondary N) is 2. The molecular weight excluding hydrogens is 164 g/mol. The first-order valence-electron chi connectivity index (χ1n) is 4.96. The molecule has 3 rings (SSSR count). The summed E-state index contributed by atoms with van der Waals surface area (Å²) in [5.41, 5.74) is 0.139. The molecule has 0 bridgehead atoms. The maximum atomic E-state index is 4.21. The zero-order chi connectivity index (χ0) is 8.89. The average molecular weight is 178 g/mol. The number of hydrogen-bond acceptors (Lipinski definition) is 3. The molecule has 0 aliphatic heterocycles. The summed E-state index contributed by atoms with van der Waals surface area (Å²) < 4.78 is 0. The second-order valence-corrected chi connectivity index (χ2v) is 4.17. The topological polar surface area (TPSA) is 53.6 Å². The maximum Gasteiger partial charge on any atom is 0.150 e. The van der Waals surface area contributed by atoms with E-state index in [1.807, 2.05) is 7.05 Å². The summed E-state index contributed by atoms with van der Waals surface area (Å²) >= 11 is 0. The fourth-order valence-electron chi connectivity index (χ4n) is 1.76. The number of rotatable bonds is 3. The molecule has 0 amide bonds. The van der Waals surface area contributed by atoms with Crippen LogP contribution in [-0.2, 0) is 5.54 Å². The highest BCUT2D eigenvalue weighted by Crippen LogP contribution is 2.44. The lowest BCUT2D eigenvalue weighted by molar-refractivity contribution is 0.549. The summed E-state index contributed by atoms with van der Waals surface area (Å²) in [6, 6.07) is 0. The molecule has 0 aromatic carbocycles.